The van der Waals surface area contributed by atoms with Crippen molar-refractivity contribution in [2.45, 2.75) is 45.6 Å². The van der Waals surface area contributed by atoms with E-state index in [9.17, 15) is 9.50 Å². The molecule has 0 aliphatic rings. The zero-order valence-electron chi connectivity index (χ0n) is 10.4. The Bertz CT molecular complexity index is 358. The van der Waals surface area contributed by atoms with Crippen molar-refractivity contribution in [3.63, 3.8) is 0 Å². The Hall–Kier alpha value is -0.800. The lowest BCUT2D eigenvalue weighted by atomic mass is 9.98. The van der Waals surface area contributed by atoms with E-state index >= 15 is 0 Å². The van der Waals surface area contributed by atoms with Crippen molar-refractivity contribution in [3.8, 4) is 5.75 Å². The van der Waals surface area contributed by atoms with E-state index in [-0.39, 0.29) is 30.0 Å². The smallest absolute Gasteiger partial charge is 0.124 e. The van der Waals surface area contributed by atoms with E-state index in [1.54, 1.807) is 6.92 Å². The number of unbranched alkanes of at least 4 members (excludes halogenated alkanes) is 2. The van der Waals surface area contributed by atoms with Gasteiger partial charge in [-0.2, -0.15) is 0 Å². The number of hydrogen-bond donors (Lipinski definition) is 2. The first-order valence-electron chi connectivity index (χ1n) is 5.80. The van der Waals surface area contributed by atoms with Gasteiger partial charge in [0.25, 0.3) is 0 Å². The Balaban J connectivity index is 0.00000256. The minimum atomic E-state index is -0.337. The zero-order chi connectivity index (χ0) is 12.1. The van der Waals surface area contributed by atoms with Crippen molar-refractivity contribution in [1.82, 2.24) is 0 Å². The quantitative estimate of drug-likeness (QED) is 0.791. The van der Waals surface area contributed by atoms with Crippen LogP contribution in [0.25, 0.3) is 0 Å². The molecule has 0 amide bonds. The lowest BCUT2D eigenvalue weighted by Crippen LogP contribution is -2.11. The van der Waals surface area contributed by atoms with E-state index in [1.165, 1.54) is 12.1 Å². The van der Waals surface area contributed by atoms with Crippen molar-refractivity contribution in [2.24, 2.45) is 5.73 Å². The summed E-state index contributed by atoms with van der Waals surface area (Å²) in [5.41, 5.74) is 7.01. The zero-order valence-corrected chi connectivity index (χ0v) is 11.2. The molecule has 1 aromatic rings. The summed E-state index contributed by atoms with van der Waals surface area (Å²) in [4.78, 5) is 0. The summed E-state index contributed by atoms with van der Waals surface area (Å²) in [5.74, 6) is -0.207. The van der Waals surface area contributed by atoms with Gasteiger partial charge in [0, 0.05) is 11.6 Å². The summed E-state index contributed by atoms with van der Waals surface area (Å²) in [5, 5.41) is 9.80. The molecule has 3 N–H and O–H groups in total. The van der Waals surface area contributed by atoms with Crippen LogP contribution in [0.1, 0.15) is 49.8 Å². The number of phenols is 1. The number of benzene rings is 1. The van der Waals surface area contributed by atoms with Gasteiger partial charge in [0.2, 0.25) is 0 Å². The maximum atomic E-state index is 13.2. The molecule has 0 fully saturated rings. The van der Waals surface area contributed by atoms with Crippen LogP contribution in [0, 0.1) is 12.7 Å². The minimum Gasteiger partial charge on any atom is -0.507 e. The molecule has 1 rings (SSSR count). The first kappa shape index (κ1) is 16.2. The molecule has 98 valence electrons. The van der Waals surface area contributed by atoms with Gasteiger partial charge >= 0.3 is 0 Å². The summed E-state index contributed by atoms with van der Waals surface area (Å²) in [6.07, 6.45) is 4.03. The lowest BCUT2D eigenvalue weighted by molar-refractivity contribution is 0.448. The highest BCUT2D eigenvalue weighted by Gasteiger charge is 2.13. The Kier molecular flexibility index (Phi) is 7.16. The highest BCUT2D eigenvalue weighted by molar-refractivity contribution is 5.85. The molecule has 0 unspecified atom stereocenters. The van der Waals surface area contributed by atoms with E-state index in [1.807, 2.05) is 0 Å². The molecule has 0 aliphatic heterocycles. The molecule has 0 radical (unpaired) electrons. The number of rotatable bonds is 5. The Morgan fingerprint density at radius 1 is 1.35 bits per heavy atom. The molecule has 0 saturated heterocycles. The SMILES string of the molecule is CCCCC[C@@H](N)c1cc(F)cc(C)c1O.Cl. The molecule has 0 bridgehead atoms. The fourth-order valence-corrected chi connectivity index (χ4v) is 1.81. The average molecular weight is 262 g/mol. The van der Waals surface area contributed by atoms with Crippen LogP contribution in [-0.2, 0) is 0 Å². The van der Waals surface area contributed by atoms with Gasteiger partial charge < -0.3 is 10.8 Å². The number of phenolic OH excluding ortho intramolecular Hbond substituents is 1. The third kappa shape index (κ3) is 4.52. The van der Waals surface area contributed by atoms with Crippen LogP contribution >= 0.6 is 12.4 Å². The molecular weight excluding hydrogens is 241 g/mol. The van der Waals surface area contributed by atoms with Crippen LogP contribution in [0.2, 0.25) is 0 Å². The Labute approximate surface area is 108 Å². The van der Waals surface area contributed by atoms with Gasteiger partial charge in [-0.3, -0.25) is 0 Å². The standard InChI is InChI=1S/C13H20FNO.ClH/c1-3-4-5-6-12(15)11-8-10(14)7-9(2)13(11)16;/h7-8,12,16H,3-6,15H2,1-2H3;1H/t12-;/m1./s1. The second-order valence-electron chi connectivity index (χ2n) is 4.26. The van der Waals surface area contributed by atoms with Crippen molar-refractivity contribution in [2.75, 3.05) is 0 Å². The van der Waals surface area contributed by atoms with Gasteiger partial charge in [0.15, 0.2) is 0 Å². The third-order valence-electron chi connectivity index (χ3n) is 2.81. The monoisotopic (exact) mass is 261 g/mol. The largest absolute Gasteiger partial charge is 0.507 e. The maximum Gasteiger partial charge on any atom is 0.124 e. The van der Waals surface area contributed by atoms with E-state index in [0.717, 1.165) is 25.7 Å². The molecule has 2 nitrogen and oxygen atoms in total. The van der Waals surface area contributed by atoms with Gasteiger partial charge in [-0.25, -0.2) is 4.39 Å². The highest BCUT2D eigenvalue weighted by atomic mass is 35.5. The Morgan fingerprint density at radius 3 is 2.59 bits per heavy atom. The molecule has 0 heterocycles. The van der Waals surface area contributed by atoms with Gasteiger partial charge in [0.05, 0.1) is 0 Å². The van der Waals surface area contributed by atoms with Crippen molar-refractivity contribution in [1.29, 1.82) is 0 Å². The maximum absolute atomic E-state index is 13.2. The van der Waals surface area contributed by atoms with Gasteiger partial charge in [0.1, 0.15) is 11.6 Å². The van der Waals surface area contributed by atoms with E-state index in [0.29, 0.717) is 11.1 Å². The van der Waals surface area contributed by atoms with E-state index in [2.05, 4.69) is 6.92 Å². The molecule has 1 aromatic carbocycles. The van der Waals surface area contributed by atoms with Crippen molar-refractivity contribution >= 4 is 12.4 Å². The van der Waals surface area contributed by atoms with Crippen LogP contribution in [0.3, 0.4) is 0 Å². The van der Waals surface area contributed by atoms with Crippen LogP contribution in [0.5, 0.6) is 5.75 Å². The summed E-state index contributed by atoms with van der Waals surface area (Å²) >= 11 is 0. The molecule has 17 heavy (non-hydrogen) atoms. The molecule has 0 aromatic heterocycles. The first-order valence-corrected chi connectivity index (χ1v) is 5.80. The normalized spacial score (nSPS) is 12.0. The fourth-order valence-electron chi connectivity index (χ4n) is 1.81. The summed E-state index contributed by atoms with van der Waals surface area (Å²) in [7, 11) is 0. The summed E-state index contributed by atoms with van der Waals surface area (Å²) in [6.45, 7) is 3.80. The number of hydrogen-bond acceptors (Lipinski definition) is 2. The number of nitrogens with two attached hydrogens (primary N) is 1. The van der Waals surface area contributed by atoms with Crippen LogP contribution in [-0.4, -0.2) is 5.11 Å². The molecule has 0 spiro atoms. The highest BCUT2D eigenvalue weighted by Crippen LogP contribution is 2.30. The molecule has 4 heteroatoms. The van der Waals surface area contributed by atoms with Gasteiger partial charge in [-0.15, -0.1) is 12.4 Å². The predicted octanol–water partition coefficient (Wildman–Crippen LogP) is 3.84. The molecular formula is C13H21ClFNO. The third-order valence-corrected chi connectivity index (χ3v) is 2.81. The Morgan fingerprint density at radius 2 is 2.00 bits per heavy atom. The number of halogens is 2. The molecule has 0 saturated carbocycles. The van der Waals surface area contributed by atoms with Gasteiger partial charge in [-0.05, 0) is 31.0 Å². The van der Waals surface area contributed by atoms with Gasteiger partial charge in [-0.1, -0.05) is 26.2 Å². The average Bonchev–Trinajstić information content (AvgIpc) is 2.23. The minimum absolute atomic E-state index is 0. The lowest BCUT2D eigenvalue weighted by Gasteiger charge is -2.15. The van der Waals surface area contributed by atoms with Crippen LogP contribution in [0.4, 0.5) is 4.39 Å². The molecule has 1 atom stereocenters. The van der Waals surface area contributed by atoms with Crippen molar-refractivity contribution < 1.29 is 9.50 Å². The topological polar surface area (TPSA) is 46.2 Å². The second-order valence-corrected chi connectivity index (χ2v) is 4.26. The number of aryl methyl sites for hydroxylation is 1. The summed E-state index contributed by atoms with van der Waals surface area (Å²) in [6, 6.07) is 2.37. The second kappa shape index (κ2) is 7.51. The predicted molar refractivity (Wildman–Crippen MR) is 71.1 cm³/mol. The van der Waals surface area contributed by atoms with Crippen molar-refractivity contribution in [3.05, 3.63) is 29.1 Å². The van der Waals surface area contributed by atoms with Crippen LogP contribution in [0.15, 0.2) is 12.1 Å². The fraction of sp³-hybridized carbons (Fsp3) is 0.538. The van der Waals surface area contributed by atoms with E-state index < -0.39 is 0 Å². The number of aromatic hydroxyl groups is 1. The van der Waals surface area contributed by atoms with E-state index in [4.69, 9.17) is 5.73 Å². The summed E-state index contributed by atoms with van der Waals surface area (Å²) < 4.78 is 13.2. The first-order chi connectivity index (χ1) is 7.56. The molecule has 0 aliphatic carbocycles. The van der Waals surface area contributed by atoms with Crippen LogP contribution < -0.4 is 5.73 Å².